The minimum Gasteiger partial charge on any atom is -0.462 e. The fraction of sp³-hybridized carbons (Fsp3) is 0.876. The molecule has 4 amide bonds. The number of phosphoric acid groups is 2. The number of aliphatic hydroxyl groups excluding tert-OH is 1. The van der Waals surface area contributed by atoms with Crippen LogP contribution in [-0.2, 0) is 79.7 Å². The SMILES string of the molecule is CCCCCC/C=C\CCCC(=O)OC(CCCCCCC)CCOCC(COP(=O)(O)OCCNC(=O)CCCCC(=O)NCCOP(=O)(O)OCC(COCCC(CCCCCCC)OC(O)CCC/C=C\CCCCCC)NC(=O)CC(=O)CCCCCCCCCCCC)NC(=O)CC(=O)CCCCCCCCCCC. The van der Waals surface area contributed by atoms with Crippen LogP contribution >= 0.6 is 15.6 Å². The summed E-state index contributed by atoms with van der Waals surface area (Å²) in [5.41, 5.74) is 0. The highest BCUT2D eigenvalue weighted by Gasteiger charge is 2.28. The minimum absolute atomic E-state index is 0.0232. The van der Waals surface area contributed by atoms with E-state index in [0.717, 1.165) is 141 Å². The van der Waals surface area contributed by atoms with Gasteiger partial charge in [0.25, 0.3) is 0 Å². The molecule has 674 valence electrons. The number of aliphatic hydroxyl groups is 1. The summed E-state index contributed by atoms with van der Waals surface area (Å²) in [6.45, 7) is 11.1. The largest absolute Gasteiger partial charge is 0.472 e. The average molecular weight is 1680 g/mol. The second-order valence-electron chi connectivity index (χ2n) is 31.5. The monoisotopic (exact) mass is 1680 g/mol. The number of carbonyl (C=O) groups is 7. The maximum absolute atomic E-state index is 13.3. The number of amides is 4. The Balaban J connectivity index is 5.48. The molecule has 0 heterocycles. The number of phosphoric ester groups is 2. The molecule has 7 atom stereocenters. The molecule has 0 spiro atoms. The molecule has 0 radical (unpaired) electrons. The van der Waals surface area contributed by atoms with Gasteiger partial charge in [-0.05, 0) is 109 Å². The van der Waals surface area contributed by atoms with E-state index in [9.17, 15) is 57.6 Å². The molecule has 0 saturated carbocycles. The molecule has 0 bridgehead atoms. The summed E-state index contributed by atoms with van der Waals surface area (Å²) in [5.74, 6) is -2.64. The van der Waals surface area contributed by atoms with Gasteiger partial charge in [-0.25, -0.2) is 9.13 Å². The van der Waals surface area contributed by atoms with Crippen LogP contribution in [-0.4, -0.2) is 153 Å². The average Bonchev–Trinajstić information content (AvgIpc) is 0.909. The van der Waals surface area contributed by atoms with Gasteiger partial charge in [-0.15, -0.1) is 0 Å². The van der Waals surface area contributed by atoms with Crippen molar-refractivity contribution < 1.29 is 94.6 Å². The molecular formula is C89H168N4O20P2. The third kappa shape index (κ3) is 78.5. The number of hydrogen-bond acceptors (Lipinski definition) is 18. The van der Waals surface area contributed by atoms with E-state index in [1.807, 2.05) is 0 Å². The summed E-state index contributed by atoms with van der Waals surface area (Å²) < 4.78 is 71.4. The van der Waals surface area contributed by atoms with Gasteiger partial charge >= 0.3 is 21.6 Å². The van der Waals surface area contributed by atoms with Crippen molar-refractivity contribution in [3.05, 3.63) is 24.3 Å². The molecule has 24 nitrogen and oxygen atoms in total. The lowest BCUT2D eigenvalue weighted by Crippen LogP contribution is -2.42. The van der Waals surface area contributed by atoms with Gasteiger partial charge in [-0.2, -0.15) is 0 Å². The van der Waals surface area contributed by atoms with Crippen LogP contribution < -0.4 is 21.3 Å². The highest BCUT2D eigenvalue weighted by molar-refractivity contribution is 7.47. The fourth-order valence-corrected chi connectivity index (χ4v) is 14.8. The second-order valence-corrected chi connectivity index (χ2v) is 34.4. The summed E-state index contributed by atoms with van der Waals surface area (Å²) in [6.07, 6.45) is 57.1. The van der Waals surface area contributed by atoms with Crippen molar-refractivity contribution in [2.24, 2.45) is 0 Å². The Morgan fingerprint density at radius 1 is 0.330 bits per heavy atom. The molecule has 0 rings (SSSR count). The van der Waals surface area contributed by atoms with E-state index in [-0.39, 0.29) is 108 Å². The normalized spacial score (nSPS) is 14.1. The van der Waals surface area contributed by atoms with Gasteiger partial charge in [-0.3, -0.25) is 51.7 Å². The summed E-state index contributed by atoms with van der Waals surface area (Å²) in [4.78, 5) is 112. The van der Waals surface area contributed by atoms with E-state index in [1.54, 1.807) is 0 Å². The third-order valence-corrected chi connectivity index (χ3v) is 22.1. The second kappa shape index (κ2) is 81.2. The van der Waals surface area contributed by atoms with E-state index < -0.39 is 84.1 Å². The molecule has 26 heteroatoms. The standard InChI is InChI=1S/C89H168N4O20P2/c1-7-13-19-25-29-33-37-39-45-49-57-81(95)73-87(99)93-79(75-107-69-65-83(59-51-43-24-18-12-6)113-89(101)63-53-47-41-36-32-28-22-16-10-4)77-111-115(104,105)109-71-67-91-85(97)61-55-54-60-84(96)90-66-70-108-114(102,103)110-76-78(92-86(98)72-80(94)56-48-44-38-34-30-26-20-14-8-2)74-106-68-64-82(58-50-42-23-17-11-5)112-88(100)62-52-46-40-35-31-27-21-15-9-3/h35-36,40-41,78-79,82-83,89,101H,7-34,37-39,42-77H2,1-6H3,(H,90,96)(H,91,97)(H,92,98)(H,93,99)(H,102,103)(H,104,105)/b40-35-,41-36-. The number of rotatable bonds is 89. The number of esters is 1. The maximum atomic E-state index is 13.3. The Labute approximate surface area is 697 Å². The van der Waals surface area contributed by atoms with E-state index >= 15 is 0 Å². The van der Waals surface area contributed by atoms with Gasteiger partial charge in [0, 0.05) is 58.2 Å². The molecular weight excluding hydrogens is 1510 g/mol. The van der Waals surface area contributed by atoms with Crippen molar-refractivity contribution in [2.45, 2.75) is 438 Å². The van der Waals surface area contributed by atoms with E-state index in [0.29, 0.717) is 64.2 Å². The zero-order valence-corrected chi connectivity index (χ0v) is 75.0. The summed E-state index contributed by atoms with van der Waals surface area (Å²) >= 11 is 0. The van der Waals surface area contributed by atoms with Gasteiger partial charge in [0.1, 0.15) is 17.7 Å². The van der Waals surface area contributed by atoms with Crippen molar-refractivity contribution >= 4 is 56.8 Å². The summed E-state index contributed by atoms with van der Waals surface area (Å²) in [6, 6.07) is -1.90. The quantitative estimate of drug-likeness (QED) is 0.00743. The van der Waals surface area contributed by atoms with Crippen molar-refractivity contribution in [3.8, 4) is 0 Å². The Morgan fingerprint density at radius 3 is 1.06 bits per heavy atom. The number of allylic oxidation sites excluding steroid dienone is 4. The molecule has 0 aromatic carbocycles. The van der Waals surface area contributed by atoms with Crippen LogP contribution in [0.1, 0.15) is 408 Å². The van der Waals surface area contributed by atoms with E-state index in [4.69, 9.17) is 37.0 Å². The van der Waals surface area contributed by atoms with Crippen LogP contribution in [0.15, 0.2) is 24.3 Å². The lowest BCUT2D eigenvalue weighted by Gasteiger charge is -2.23. The molecule has 0 aliphatic heterocycles. The Kier molecular flexibility index (Phi) is 78.6. The Hall–Kier alpha value is -3.77. The first-order valence-electron chi connectivity index (χ1n) is 46.1. The molecule has 0 aromatic rings. The first-order chi connectivity index (χ1) is 55.7. The first kappa shape index (κ1) is 111. The smallest absolute Gasteiger partial charge is 0.462 e. The maximum Gasteiger partial charge on any atom is 0.472 e. The van der Waals surface area contributed by atoms with Crippen LogP contribution in [0, 0.1) is 0 Å². The topological polar surface area (TPSA) is 336 Å². The van der Waals surface area contributed by atoms with Crippen LogP contribution in [0.4, 0.5) is 0 Å². The van der Waals surface area contributed by atoms with Crippen molar-refractivity contribution in [3.63, 3.8) is 0 Å². The highest BCUT2D eigenvalue weighted by atomic mass is 31.2. The molecule has 115 heavy (non-hydrogen) atoms. The molecule has 0 aromatic heterocycles. The number of hydrogen-bond donors (Lipinski definition) is 7. The van der Waals surface area contributed by atoms with Gasteiger partial charge in [-0.1, -0.05) is 271 Å². The molecule has 7 unspecified atom stereocenters. The number of ether oxygens (including phenoxy) is 4. The van der Waals surface area contributed by atoms with Crippen LogP contribution in [0.25, 0.3) is 0 Å². The van der Waals surface area contributed by atoms with Gasteiger partial charge < -0.3 is 55.1 Å². The van der Waals surface area contributed by atoms with Crippen molar-refractivity contribution in [1.82, 2.24) is 21.3 Å². The number of ketones is 2. The highest BCUT2D eigenvalue weighted by Crippen LogP contribution is 2.44. The summed E-state index contributed by atoms with van der Waals surface area (Å²) in [5, 5.41) is 21.6. The van der Waals surface area contributed by atoms with Crippen LogP contribution in [0.5, 0.6) is 0 Å². The summed E-state index contributed by atoms with van der Waals surface area (Å²) in [7, 11) is -9.48. The first-order valence-corrected chi connectivity index (χ1v) is 49.1. The Bertz CT molecular complexity index is 2510. The van der Waals surface area contributed by atoms with E-state index in [2.05, 4.69) is 87.1 Å². The zero-order valence-electron chi connectivity index (χ0n) is 73.2. The van der Waals surface area contributed by atoms with Gasteiger partial charge in [0.05, 0.1) is 77.3 Å². The van der Waals surface area contributed by atoms with Crippen molar-refractivity contribution in [2.75, 3.05) is 65.9 Å². The van der Waals surface area contributed by atoms with Gasteiger partial charge in [0.15, 0.2) is 6.29 Å². The van der Waals surface area contributed by atoms with Crippen molar-refractivity contribution in [1.29, 1.82) is 0 Å². The number of unbranched alkanes of at least 4 members (excludes halogenated alkanes) is 36. The van der Waals surface area contributed by atoms with Gasteiger partial charge in [0.2, 0.25) is 23.6 Å². The molecule has 0 aliphatic rings. The van der Waals surface area contributed by atoms with E-state index in [1.165, 1.54) is 122 Å². The van der Waals surface area contributed by atoms with Crippen LogP contribution in [0.2, 0.25) is 0 Å². The zero-order chi connectivity index (χ0) is 84.6. The predicted molar refractivity (Wildman–Crippen MR) is 461 cm³/mol. The molecule has 0 fully saturated rings. The molecule has 7 N–H and O–H groups in total. The third-order valence-electron chi connectivity index (χ3n) is 20.2. The van der Waals surface area contributed by atoms with Crippen LogP contribution in [0.3, 0.4) is 0 Å². The fourth-order valence-electron chi connectivity index (χ4n) is 13.2. The minimum atomic E-state index is -4.74. The predicted octanol–water partition coefficient (Wildman–Crippen LogP) is 20.7. The number of Topliss-reactive ketones (excluding diaryl/α,β-unsaturated/α-hetero) is 2. The number of nitrogens with one attached hydrogen (secondary N) is 4. The lowest BCUT2D eigenvalue weighted by molar-refractivity contribution is -0.150. The molecule has 0 saturated heterocycles. The lowest BCUT2D eigenvalue weighted by atomic mass is 10.0. The molecule has 0 aliphatic carbocycles. The Morgan fingerprint density at radius 2 is 0.661 bits per heavy atom. The number of carbonyl (C=O) groups excluding carboxylic acids is 7.